The van der Waals surface area contributed by atoms with Crippen molar-refractivity contribution in [1.82, 2.24) is 0 Å². The summed E-state index contributed by atoms with van der Waals surface area (Å²) in [5.41, 5.74) is 7.98. The number of hydrogen-bond acceptors (Lipinski definition) is 5. The molecule has 0 spiro atoms. The van der Waals surface area contributed by atoms with E-state index in [4.69, 9.17) is 17.3 Å². The van der Waals surface area contributed by atoms with Gasteiger partial charge in [-0.15, -0.1) is 5.10 Å². The highest BCUT2D eigenvalue weighted by Gasteiger charge is 2.40. The van der Waals surface area contributed by atoms with Crippen LogP contribution in [0.3, 0.4) is 0 Å². The molecule has 1 atom stereocenters. The van der Waals surface area contributed by atoms with Gasteiger partial charge in [0.25, 0.3) is 0 Å². The highest BCUT2D eigenvalue weighted by atomic mass is 35.5. The number of nitrogens with two attached hydrogens (primary N) is 1. The van der Waals surface area contributed by atoms with E-state index in [1.807, 2.05) is 18.2 Å². The van der Waals surface area contributed by atoms with Gasteiger partial charge in [0.1, 0.15) is 5.25 Å². The topological polar surface area (TPSA) is 88.1 Å². The Morgan fingerprint density at radius 3 is 2.44 bits per heavy atom. The third-order valence-corrected chi connectivity index (χ3v) is 5.17. The van der Waals surface area contributed by atoms with E-state index in [0.717, 1.165) is 17.3 Å². The molecule has 3 rings (SSSR count). The van der Waals surface area contributed by atoms with Gasteiger partial charge in [0.2, 0.25) is 11.8 Å². The summed E-state index contributed by atoms with van der Waals surface area (Å²) in [5, 5.41) is 8.23. The molecule has 0 aliphatic carbocycles. The fourth-order valence-corrected chi connectivity index (χ4v) is 3.52. The zero-order chi connectivity index (χ0) is 19.4. The molecule has 0 aromatic heterocycles. The number of carbonyl (C=O) groups is 2. The first-order valence-corrected chi connectivity index (χ1v) is 9.43. The van der Waals surface area contributed by atoms with Crippen molar-refractivity contribution in [1.29, 1.82) is 0 Å². The van der Waals surface area contributed by atoms with Crippen molar-refractivity contribution in [2.75, 3.05) is 4.90 Å². The average Bonchev–Trinajstić information content (AvgIpc) is 2.94. The van der Waals surface area contributed by atoms with Gasteiger partial charge >= 0.3 is 0 Å². The fourth-order valence-electron chi connectivity index (χ4n) is 2.59. The first kappa shape index (κ1) is 19.1. The van der Waals surface area contributed by atoms with Gasteiger partial charge in [-0.1, -0.05) is 53.7 Å². The Bertz CT molecular complexity index is 913. The van der Waals surface area contributed by atoms with Crippen molar-refractivity contribution in [3.63, 3.8) is 0 Å². The first-order valence-electron chi connectivity index (χ1n) is 8.18. The van der Waals surface area contributed by atoms with Crippen LogP contribution in [0.5, 0.6) is 0 Å². The van der Waals surface area contributed by atoms with Gasteiger partial charge in [0.15, 0.2) is 5.17 Å². The normalized spacial score (nSPS) is 18.3. The SMILES string of the molecule is C/C(=N\N=C(/N)SC1CC(=O)N(c2ccccc2)C1=O)c1ccc(Cl)cc1. The molecule has 1 aliphatic rings. The van der Waals surface area contributed by atoms with Crippen LogP contribution in [-0.2, 0) is 9.59 Å². The van der Waals surface area contributed by atoms with Crippen LogP contribution in [-0.4, -0.2) is 27.9 Å². The maximum absolute atomic E-state index is 12.6. The van der Waals surface area contributed by atoms with Gasteiger partial charge in [0.05, 0.1) is 11.4 Å². The zero-order valence-corrected chi connectivity index (χ0v) is 16.1. The number of anilines is 1. The smallest absolute Gasteiger partial charge is 0.247 e. The number of imide groups is 1. The summed E-state index contributed by atoms with van der Waals surface area (Å²) in [4.78, 5) is 26.0. The molecule has 2 N–H and O–H groups in total. The Labute approximate surface area is 166 Å². The number of rotatable bonds is 4. The van der Waals surface area contributed by atoms with E-state index in [0.29, 0.717) is 16.4 Å². The van der Waals surface area contributed by atoms with Crippen LogP contribution in [0.25, 0.3) is 0 Å². The van der Waals surface area contributed by atoms with E-state index >= 15 is 0 Å². The van der Waals surface area contributed by atoms with E-state index in [2.05, 4.69) is 10.2 Å². The lowest BCUT2D eigenvalue weighted by molar-refractivity contribution is -0.121. The quantitative estimate of drug-likeness (QED) is 0.368. The molecule has 0 radical (unpaired) electrons. The molecule has 1 heterocycles. The summed E-state index contributed by atoms with van der Waals surface area (Å²) in [7, 11) is 0. The molecule has 2 aromatic rings. The Kier molecular flexibility index (Phi) is 5.93. The van der Waals surface area contributed by atoms with E-state index in [1.54, 1.807) is 43.3 Å². The van der Waals surface area contributed by atoms with Crippen LogP contribution in [0.15, 0.2) is 64.8 Å². The lowest BCUT2D eigenvalue weighted by Crippen LogP contribution is -2.31. The van der Waals surface area contributed by atoms with Crippen molar-refractivity contribution in [3.05, 3.63) is 65.2 Å². The molecule has 2 aromatic carbocycles. The fraction of sp³-hybridized carbons (Fsp3) is 0.158. The van der Waals surface area contributed by atoms with Crippen LogP contribution >= 0.6 is 23.4 Å². The van der Waals surface area contributed by atoms with Crippen LogP contribution in [0.2, 0.25) is 5.02 Å². The van der Waals surface area contributed by atoms with E-state index in [9.17, 15) is 9.59 Å². The molecule has 2 amide bonds. The molecule has 1 fully saturated rings. The maximum Gasteiger partial charge on any atom is 0.247 e. The second-order valence-corrected chi connectivity index (χ2v) is 7.50. The third-order valence-electron chi connectivity index (χ3n) is 3.94. The van der Waals surface area contributed by atoms with Crippen molar-refractivity contribution < 1.29 is 9.59 Å². The van der Waals surface area contributed by atoms with Gasteiger partial charge in [-0.3, -0.25) is 9.59 Å². The Balaban J connectivity index is 1.68. The predicted octanol–water partition coefficient (Wildman–Crippen LogP) is 3.44. The molecule has 8 heteroatoms. The second-order valence-electron chi connectivity index (χ2n) is 5.84. The molecule has 1 saturated heterocycles. The Morgan fingerprint density at radius 1 is 1.11 bits per heavy atom. The molecule has 0 saturated carbocycles. The van der Waals surface area contributed by atoms with Crippen LogP contribution in [0, 0.1) is 0 Å². The largest absolute Gasteiger partial charge is 0.377 e. The monoisotopic (exact) mass is 400 g/mol. The number of carbonyl (C=O) groups excluding carboxylic acids is 2. The summed E-state index contributed by atoms with van der Waals surface area (Å²) in [6.07, 6.45) is 0.0779. The van der Waals surface area contributed by atoms with Crippen molar-refractivity contribution in [3.8, 4) is 0 Å². The van der Waals surface area contributed by atoms with Crippen molar-refractivity contribution in [2.24, 2.45) is 15.9 Å². The number of nitrogens with zero attached hydrogens (tertiary/aromatic N) is 3. The average molecular weight is 401 g/mol. The molecular formula is C19H17ClN4O2S. The van der Waals surface area contributed by atoms with Gasteiger partial charge in [-0.2, -0.15) is 5.10 Å². The number of amides is 2. The number of thioether (sulfide) groups is 1. The van der Waals surface area contributed by atoms with E-state index < -0.39 is 5.25 Å². The van der Waals surface area contributed by atoms with Crippen molar-refractivity contribution in [2.45, 2.75) is 18.6 Å². The molecule has 27 heavy (non-hydrogen) atoms. The highest BCUT2D eigenvalue weighted by molar-refractivity contribution is 8.14. The Hall–Kier alpha value is -2.64. The third kappa shape index (κ3) is 4.56. The molecule has 1 unspecified atom stereocenters. The van der Waals surface area contributed by atoms with E-state index in [-0.39, 0.29) is 23.4 Å². The molecule has 1 aliphatic heterocycles. The lowest BCUT2D eigenvalue weighted by atomic mass is 10.1. The van der Waals surface area contributed by atoms with Crippen molar-refractivity contribution >= 4 is 51.7 Å². The van der Waals surface area contributed by atoms with Gasteiger partial charge in [0, 0.05) is 11.4 Å². The highest BCUT2D eigenvalue weighted by Crippen LogP contribution is 2.29. The molecule has 0 bridgehead atoms. The number of para-hydroxylation sites is 1. The Morgan fingerprint density at radius 2 is 1.78 bits per heavy atom. The number of halogens is 1. The molecule has 6 nitrogen and oxygen atoms in total. The minimum Gasteiger partial charge on any atom is -0.377 e. The molecule has 138 valence electrons. The number of amidine groups is 1. The zero-order valence-electron chi connectivity index (χ0n) is 14.5. The second kappa shape index (κ2) is 8.37. The van der Waals surface area contributed by atoms with Crippen LogP contribution in [0.4, 0.5) is 5.69 Å². The molecular weight excluding hydrogens is 384 g/mol. The minimum absolute atomic E-state index is 0.0779. The summed E-state index contributed by atoms with van der Waals surface area (Å²) in [5.74, 6) is -0.551. The standard InChI is InChI=1S/C19H17ClN4O2S/c1-12(13-7-9-14(20)10-8-13)22-23-19(21)27-16-11-17(25)24(18(16)26)15-5-3-2-4-6-15/h2-10,16H,11H2,1H3,(H2,21,23)/b22-12+. The van der Waals surface area contributed by atoms with Gasteiger partial charge < -0.3 is 5.73 Å². The number of hydrogen-bond donors (Lipinski definition) is 1. The summed E-state index contributed by atoms with van der Waals surface area (Å²) in [6, 6.07) is 16.0. The van der Waals surface area contributed by atoms with Crippen LogP contribution in [0.1, 0.15) is 18.9 Å². The van der Waals surface area contributed by atoms with Crippen LogP contribution < -0.4 is 10.6 Å². The summed E-state index contributed by atoms with van der Waals surface area (Å²) in [6.45, 7) is 1.80. The predicted molar refractivity (Wildman–Crippen MR) is 110 cm³/mol. The van der Waals surface area contributed by atoms with Gasteiger partial charge in [-0.05, 0) is 36.8 Å². The summed E-state index contributed by atoms with van der Waals surface area (Å²) >= 11 is 6.91. The number of benzene rings is 2. The van der Waals surface area contributed by atoms with Gasteiger partial charge in [-0.25, -0.2) is 4.90 Å². The minimum atomic E-state index is -0.604. The first-order chi connectivity index (χ1) is 13.0. The summed E-state index contributed by atoms with van der Waals surface area (Å²) < 4.78 is 0. The maximum atomic E-state index is 12.6. The lowest BCUT2D eigenvalue weighted by Gasteiger charge is -2.14. The van der Waals surface area contributed by atoms with E-state index in [1.165, 1.54) is 4.90 Å².